The average molecular weight is 283 g/mol. The Morgan fingerprint density at radius 3 is 2.76 bits per heavy atom. The minimum Gasteiger partial charge on any atom is -0.420 e. The Morgan fingerprint density at radius 1 is 1.29 bits per heavy atom. The van der Waals surface area contributed by atoms with E-state index in [0.29, 0.717) is 11.8 Å². The SMILES string of the molecule is CN1C(=O)C(C)(C)c2ccc(-c3nnc(C4CC4)o3)cc21. The summed E-state index contributed by atoms with van der Waals surface area (Å²) < 4.78 is 5.74. The van der Waals surface area contributed by atoms with Gasteiger partial charge in [-0.15, -0.1) is 10.2 Å². The van der Waals surface area contributed by atoms with Gasteiger partial charge < -0.3 is 9.32 Å². The molecule has 5 heteroatoms. The quantitative estimate of drug-likeness (QED) is 0.850. The van der Waals surface area contributed by atoms with Crippen LogP contribution in [0.2, 0.25) is 0 Å². The van der Waals surface area contributed by atoms with Crippen molar-refractivity contribution in [3.63, 3.8) is 0 Å². The van der Waals surface area contributed by atoms with Crippen LogP contribution in [-0.4, -0.2) is 23.2 Å². The fourth-order valence-corrected chi connectivity index (χ4v) is 2.96. The van der Waals surface area contributed by atoms with Crippen LogP contribution in [0.3, 0.4) is 0 Å². The van der Waals surface area contributed by atoms with E-state index in [-0.39, 0.29) is 5.91 Å². The molecule has 0 unspecified atom stereocenters. The second kappa shape index (κ2) is 3.93. The first kappa shape index (κ1) is 12.6. The van der Waals surface area contributed by atoms with Crippen LogP contribution in [0.15, 0.2) is 22.6 Å². The maximum Gasteiger partial charge on any atom is 0.247 e. The summed E-state index contributed by atoms with van der Waals surface area (Å²) in [5, 5.41) is 8.25. The predicted octanol–water partition coefficient (Wildman–Crippen LogP) is 2.87. The van der Waals surface area contributed by atoms with Crippen molar-refractivity contribution < 1.29 is 9.21 Å². The topological polar surface area (TPSA) is 59.2 Å². The Balaban J connectivity index is 1.77. The van der Waals surface area contributed by atoms with Gasteiger partial charge in [0.15, 0.2) is 0 Å². The van der Waals surface area contributed by atoms with Gasteiger partial charge in [0.2, 0.25) is 17.7 Å². The van der Waals surface area contributed by atoms with Crippen LogP contribution in [0.25, 0.3) is 11.5 Å². The summed E-state index contributed by atoms with van der Waals surface area (Å²) in [5.41, 5.74) is 2.36. The number of carbonyl (C=O) groups is 1. The Kier molecular flexibility index (Phi) is 2.35. The van der Waals surface area contributed by atoms with Crippen molar-refractivity contribution in [1.82, 2.24) is 10.2 Å². The van der Waals surface area contributed by atoms with Crippen LogP contribution >= 0.6 is 0 Å². The highest BCUT2D eigenvalue weighted by Crippen LogP contribution is 2.43. The zero-order valence-electron chi connectivity index (χ0n) is 12.4. The molecule has 1 aliphatic carbocycles. The third-order valence-electron chi connectivity index (χ3n) is 4.49. The molecule has 0 spiro atoms. The van der Waals surface area contributed by atoms with Gasteiger partial charge in [0.05, 0.1) is 5.41 Å². The molecule has 1 aromatic heterocycles. The number of likely N-dealkylation sites (N-methyl/N-ethyl adjacent to an activating group) is 1. The minimum atomic E-state index is -0.476. The van der Waals surface area contributed by atoms with Crippen LogP contribution in [0.1, 0.15) is 44.1 Å². The number of anilines is 1. The number of aromatic nitrogens is 2. The molecule has 0 atom stereocenters. The van der Waals surface area contributed by atoms with Gasteiger partial charge in [-0.3, -0.25) is 4.79 Å². The van der Waals surface area contributed by atoms with Crippen molar-refractivity contribution >= 4 is 11.6 Å². The molecule has 2 aromatic rings. The Hall–Kier alpha value is -2.17. The van der Waals surface area contributed by atoms with Gasteiger partial charge in [-0.05, 0) is 44.4 Å². The highest BCUT2D eigenvalue weighted by Gasteiger charge is 2.42. The molecule has 108 valence electrons. The number of amides is 1. The van der Waals surface area contributed by atoms with Crippen LogP contribution in [0, 0.1) is 0 Å². The third-order valence-corrected chi connectivity index (χ3v) is 4.49. The third kappa shape index (κ3) is 1.73. The normalized spacial score (nSPS) is 20.0. The molecular weight excluding hydrogens is 266 g/mol. The second-order valence-corrected chi connectivity index (χ2v) is 6.44. The largest absolute Gasteiger partial charge is 0.420 e. The van der Waals surface area contributed by atoms with Crippen molar-refractivity contribution in [2.24, 2.45) is 0 Å². The first-order valence-corrected chi connectivity index (χ1v) is 7.25. The van der Waals surface area contributed by atoms with Crippen molar-refractivity contribution in [2.45, 2.75) is 38.0 Å². The molecule has 0 saturated heterocycles. The van der Waals surface area contributed by atoms with Gasteiger partial charge in [-0.1, -0.05) is 6.07 Å². The first-order valence-electron chi connectivity index (χ1n) is 7.25. The van der Waals surface area contributed by atoms with Crippen LogP contribution < -0.4 is 4.90 Å². The number of carbonyl (C=O) groups excluding carboxylic acids is 1. The smallest absolute Gasteiger partial charge is 0.247 e. The Labute approximate surface area is 123 Å². The van der Waals surface area contributed by atoms with Crippen molar-refractivity contribution in [3.8, 4) is 11.5 Å². The van der Waals surface area contributed by atoms with E-state index in [0.717, 1.165) is 35.5 Å². The summed E-state index contributed by atoms with van der Waals surface area (Å²) in [5.74, 6) is 1.82. The first-order chi connectivity index (χ1) is 9.98. The van der Waals surface area contributed by atoms with E-state index in [9.17, 15) is 4.79 Å². The van der Waals surface area contributed by atoms with Crippen LogP contribution in [-0.2, 0) is 10.2 Å². The highest BCUT2D eigenvalue weighted by atomic mass is 16.4. The lowest BCUT2D eigenvalue weighted by atomic mass is 9.86. The van der Waals surface area contributed by atoms with Gasteiger partial charge in [0.25, 0.3) is 0 Å². The van der Waals surface area contributed by atoms with Gasteiger partial charge in [0, 0.05) is 24.2 Å². The van der Waals surface area contributed by atoms with Gasteiger partial charge in [0.1, 0.15) is 0 Å². The average Bonchev–Trinajstić information content (AvgIpc) is 3.18. The van der Waals surface area contributed by atoms with Crippen molar-refractivity contribution in [2.75, 3.05) is 11.9 Å². The van der Waals surface area contributed by atoms with Gasteiger partial charge >= 0.3 is 0 Å². The van der Waals surface area contributed by atoms with Crippen molar-refractivity contribution in [3.05, 3.63) is 29.7 Å². The summed E-state index contributed by atoms with van der Waals surface area (Å²) in [6, 6.07) is 5.91. The lowest BCUT2D eigenvalue weighted by molar-refractivity contribution is -0.121. The lowest BCUT2D eigenvalue weighted by Gasteiger charge is -2.16. The van der Waals surface area contributed by atoms with E-state index in [4.69, 9.17) is 4.42 Å². The van der Waals surface area contributed by atoms with Crippen molar-refractivity contribution in [1.29, 1.82) is 0 Å². The molecular formula is C16H17N3O2. The number of hydrogen-bond acceptors (Lipinski definition) is 4. The standard InChI is InChI=1S/C16H17N3O2/c1-16(2)11-7-6-10(8-12(11)19(3)15(16)20)14-18-17-13(21-14)9-4-5-9/h6-9H,4-5H2,1-3H3. The predicted molar refractivity (Wildman–Crippen MR) is 78.1 cm³/mol. The number of nitrogens with zero attached hydrogens (tertiary/aromatic N) is 3. The van der Waals surface area contributed by atoms with Gasteiger partial charge in [-0.2, -0.15) is 0 Å². The van der Waals surface area contributed by atoms with Crippen LogP contribution in [0.4, 0.5) is 5.69 Å². The molecule has 0 radical (unpaired) electrons. The summed E-state index contributed by atoms with van der Waals surface area (Å²) in [4.78, 5) is 14.0. The Morgan fingerprint density at radius 2 is 2.05 bits per heavy atom. The molecule has 1 aromatic carbocycles. The number of benzene rings is 1. The molecule has 21 heavy (non-hydrogen) atoms. The molecule has 0 N–H and O–H groups in total. The van der Waals surface area contributed by atoms with E-state index in [1.807, 2.05) is 39.1 Å². The van der Waals surface area contributed by atoms with E-state index < -0.39 is 5.41 Å². The molecule has 5 nitrogen and oxygen atoms in total. The van der Waals surface area contributed by atoms with E-state index >= 15 is 0 Å². The molecule has 1 saturated carbocycles. The summed E-state index contributed by atoms with van der Waals surface area (Å²) in [6.07, 6.45) is 2.27. The maximum atomic E-state index is 12.3. The number of rotatable bonds is 2. The lowest BCUT2D eigenvalue weighted by Crippen LogP contribution is -2.33. The fraction of sp³-hybridized carbons (Fsp3) is 0.438. The monoisotopic (exact) mass is 283 g/mol. The number of fused-ring (bicyclic) bond motifs is 1. The Bertz CT molecular complexity index is 744. The zero-order valence-corrected chi connectivity index (χ0v) is 12.4. The van der Waals surface area contributed by atoms with Gasteiger partial charge in [-0.25, -0.2) is 0 Å². The summed E-state index contributed by atoms with van der Waals surface area (Å²) in [6.45, 7) is 3.91. The van der Waals surface area contributed by atoms with Crippen LogP contribution in [0.5, 0.6) is 0 Å². The summed E-state index contributed by atoms with van der Waals surface area (Å²) >= 11 is 0. The molecule has 1 amide bonds. The van der Waals surface area contributed by atoms with E-state index in [1.165, 1.54) is 0 Å². The molecule has 2 heterocycles. The molecule has 1 aliphatic heterocycles. The highest BCUT2D eigenvalue weighted by molar-refractivity contribution is 6.07. The second-order valence-electron chi connectivity index (χ2n) is 6.44. The molecule has 2 aliphatic rings. The van der Waals surface area contributed by atoms with E-state index in [2.05, 4.69) is 10.2 Å². The molecule has 0 bridgehead atoms. The fourth-order valence-electron chi connectivity index (χ4n) is 2.96. The maximum absolute atomic E-state index is 12.3. The molecule has 1 fully saturated rings. The zero-order chi connectivity index (χ0) is 14.8. The summed E-state index contributed by atoms with van der Waals surface area (Å²) in [7, 11) is 1.81. The number of hydrogen-bond donors (Lipinski definition) is 0. The van der Waals surface area contributed by atoms with E-state index in [1.54, 1.807) is 4.90 Å². The molecule has 4 rings (SSSR count). The minimum absolute atomic E-state index is 0.110.